The zero-order valence-corrected chi connectivity index (χ0v) is 9.14. The van der Waals surface area contributed by atoms with Gasteiger partial charge in [-0.1, -0.05) is 18.7 Å². The van der Waals surface area contributed by atoms with E-state index in [1.54, 1.807) is 5.56 Å². The molecule has 0 saturated heterocycles. The topological polar surface area (TPSA) is 12.4 Å². The maximum Gasteiger partial charge on any atom is 0.0461 e. The first kappa shape index (κ1) is 8.90. The monoisotopic (exact) mass is 197 g/mol. The molecule has 0 fully saturated rings. The zero-order chi connectivity index (χ0) is 10.4. The van der Waals surface area contributed by atoms with Crippen LogP contribution in [0.2, 0.25) is 0 Å². The van der Waals surface area contributed by atoms with Gasteiger partial charge in [0.2, 0.25) is 0 Å². The van der Waals surface area contributed by atoms with Crippen LogP contribution in [-0.4, -0.2) is 12.8 Å². The van der Waals surface area contributed by atoms with Crippen molar-refractivity contribution >= 4 is 11.3 Å². The van der Waals surface area contributed by atoms with Crippen molar-refractivity contribution < 1.29 is 0 Å². The van der Waals surface area contributed by atoms with Gasteiger partial charge in [-0.15, -0.1) is 0 Å². The van der Waals surface area contributed by atoms with Crippen LogP contribution in [0.15, 0.2) is 23.7 Å². The Balaban J connectivity index is 2.17. The standard InChI is InChI=1S/C14H15N/c1-9-13-7-11-5-3-4-10(11)6-12(13)8-14(9)15-2/h6-7H,1,3-5,8H2,2H3. The summed E-state index contributed by atoms with van der Waals surface area (Å²) in [6, 6.07) is 4.72. The van der Waals surface area contributed by atoms with Crippen LogP contribution >= 0.6 is 0 Å². The highest BCUT2D eigenvalue weighted by molar-refractivity contribution is 6.27. The van der Waals surface area contributed by atoms with Gasteiger partial charge in [0.05, 0.1) is 0 Å². The molecule has 0 saturated carbocycles. The molecular weight excluding hydrogens is 182 g/mol. The van der Waals surface area contributed by atoms with Gasteiger partial charge in [-0.25, -0.2) is 0 Å². The van der Waals surface area contributed by atoms with Crippen LogP contribution in [0.3, 0.4) is 0 Å². The lowest BCUT2D eigenvalue weighted by atomic mass is 10.0. The van der Waals surface area contributed by atoms with Crippen LogP contribution in [0.25, 0.3) is 5.57 Å². The first-order valence-electron chi connectivity index (χ1n) is 5.59. The van der Waals surface area contributed by atoms with Crippen LogP contribution in [-0.2, 0) is 19.3 Å². The molecule has 0 spiro atoms. The number of allylic oxidation sites excluding steroid dienone is 1. The highest BCUT2D eigenvalue weighted by atomic mass is 14.7. The lowest BCUT2D eigenvalue weighted by Crippen LogP contribution is -1.93. The van der Waals surface area contributed by atoms with Crippen LogP contribution in [0.4, 0.5) is 0 Å². The van der Waals surface area contributed by atoms with Crippen molar-refractivity contribution in [1.29, 1.82) is 0 Å². The van der Waals surface area contributed by atoms with E-state index in [2.05, 4.69) is 23.7 Å². The van der Waals surface area contributed by atoms with E-state index < -0.39 is 0 Å². The van der Waals surface area contributed by atoms with Gasteiger partial charge in [0, 0.05) is 19.2 Å². The van der Waals surface area contributed by atoms with Crippen molar-refractivity contribution in [3.8, 4) is 0 Å². The summed E-state index contributed by atoms with van der Waals surface area (Å²) in [6.07, 6.45) is 4.81. The van der Waals surface area contributed by atoms with Crippen LogP contribution in [0.1, 0.15) is 28.7 Å². The van der Waals surface area contributed by atoms with Gasteiger partial charge in [-0.3, -0.25) is 4.99 Å². The SMILES string of the molecule is C=C1C(=NC)Cc2cc3c(cc21)CCC3. The molecule has 2 aliphatic carbocycles. The van der Waals surface area contributed by atoms with E-state index in [4.69, 9.17) is 0 Å². The minimum atomic E-state index is 0.984. The summed E-state index contributed by atoms with van der Waals surface area (Å²) < 4.78 is 0. The molecule has 0 unspecified atom stereocenters. The van der Waals surface area contributed by atoms with Crippen LogP contribution in [0, 0.1) is 0 Å². The molecule has 1 heteroatoms. The number of benzene rings is 1. The van der Waals surface area contributed by atoms with E-state index in [1.165, 1.54) is 36.0 Å². The van der Waals surface area contributed by atoms with Gasteiger partial charge in [0.15, 0.2) is 0 Å². The summed E-state index contributed by atoms with van der Waals surface area (Å²) in [7, 11) is 1.86. The van der Waals surface area contributed by atoms with Gasteiger partial charge in [-0.05, 0) is 47.1 Å². The maximum absolute atomic E-state index is 4.30. The molecule has 0 heterocycles. The fraction of sp³-hybridized carbons (Fsp3) is 0.357. The number of rotatable bonds is 0. The van der Waals surface area contributed by atoms with Crippen molar-refractivity contribution in [1.82, 2.24) is 0 Å². The minimum absolute atomic E-state index is 0.984. The smallest absolute Gasteiger partial charge is 0.0461 e. The second-order valence-corrected chi connectivity index (χ2v) is 4.46. The molecule has 1 nitrogen and oxygen atoms in total. The Morgan fingerprint density at radius 2 is 1.87 bits per heavy atom. The highest BCUT2D eigenvalue weighted by Crippen LogP contribution is 2.34. The minimum Gasteiger partial charge on any atom is -0.292 e. The molecule has 0 atom stereocenters. The van der Waals surface area contributed by atoms with Gasteiger partial charge >= 0.3 is 0 Å². The Morgan fingerprint density at radius 3 is 2.60 bits per heavy atom. The Morgan fingerprint density at radius 1 is 1.13 bits per heavy atom. The molecule has 3 rings (SSSR count). The summed E-state index contributed by atoms with van der Waals surface area (Å²) in [5.41, 5.74) is 8.17. The predicted molar refractivity (Wildman–Crippen MR) is 64.6 cm³/mol. The molecule has 1 aromatic carbocycles. The number of aryl methyl sites for hydroxylation is 2. The third-order valence-electron chi connectivity index (χ3n) is 3.62. The van der Waals surface area contributed by atoms with E-state index in [0.717, 1.165) is 17.7 Å². The van der Waals surface area contributed by atoms with Crippen molar-refractivity contribution in [2.45, 2.75) is 25.7 Å². The maximum atomic E-state index is 4.30. The molecule has 0 amide bonds. The largest absolute Gasteiger partial charge is 0.292 e. The summed E-state index contributed by atoms with van der Waals surface area (Å²) in [6.45, 7) is 4.14. The number of aliphatic imine (C=N–C) groups is 1. The lowest BCUT2D eigenvalue weighted by molar-refractivity contribution is 0.911. The lowest BCUT2D eigenvalue weighted by Gasteiger charge is -2.04. The molecule has 1 aromatic rings. The summed E-state index contributed by atoms with van der Waals surface area (Å²) in [4.78, 5) is 4.30. The number of fused-ring (bicyclic) bond motifs is 2. The summed E-state index contributed by atoms with van der Waals surface area (Å²) >= 11 is 0. The van der Waals surface area contributed by atoms with E-state index in [0.29, 0.717) is 0 Å². The summed E-state index contributed by atoms with van der Waals surface area (Å²) in [5.74, 6) is 0. The van der Waals surface area contributed by atoms with E-state index in [-0.39, 0.29) is 0 Å². The van der Waals surface area contributed by atoms with Gasteiger partial charge in [-0.2, -0.15) is 0 Å². The highest BCUT2D eigenvalue weighted by Gasteiger charge is 2.23. The Kier molecular flexibility index (Phi) is 1.82. The molecule has 76 valence electrons. The first-order valence-corrected chi connectivity index (χ1v) is 5.59. The molecule has 0 aromatic heterocycles. The van der Waals surface area contributed by atoms with Gasteiger partial charge in [0.1, 0.15) is 0 Å². The quantitative estimate of drug-likeness (QED) is 0.606. The fourth-order valence-corrected chi connectivity index (χ4v) is 2.76. The first-order chi connectivity index (χ1) is 7.29. The van der Waals surface area contributed by atoms with Crippen molar-refractivity contribution in [3.63, 3.8) is 0 Å². The molecule has 0 aliphatic heterocycles. The summed E-state index contributed by atoms with van der Waals surface area (Å²) in [5, 5.41) is 0. The molecule has 0 N–H and O–H groups in total. The second kappa shape index (κ2) is 3.06. The van der Waals surface area contributed by atoms with Crippen LogP contribution < -0.4 is 0 Å². The molecule has 0 radical (unpaired) electrons. The Labute approximate surface area is 90.5 Å². The van der Waals surface area contributed by atoms with Gasteiger partial charge < -0.3 is 0 Å². The van der Waals surface area contributed by atoms with E-state index >= 15 is 0 Å². The van der Waals surface area contributed by atoms with Gasteiger partial charge in [0.25, 0.3) is 0 Å². The van der Waals surface area contributed by atoms with Crippen molar-refractivity contribution in [2.75, 3.05) is 7.05 Å². The van der Waals surface area contributed by atoms with E-state index in [9.17, 15) is 0 Å². The molecule has 0 bridgehead atoms. The zero-order valence-electron chi connectivity index (χ0n) is 9.14. The fourth-order valence-electron chi connectivity index (χ4n) is 2.76. The van der Waals surface area contributed by atoms with Crippen LogP contribution in [0.5, 0.6) is 0 Å². The van der Waals surface area contributed by atoms with Crippen molar-refractivity contribution in [2.24, 2.45) is 4.99 Å². The normalized spacial score (nSPS) is 20.9. The molecular formula is C14H15N. The van der Waals surface area contributed by atoms with Crippen molar-refractivity contribution in [3.05, 3.63) is 41.0 Å². The number of hydrogen-bond acceptors (Lipinski definition) is 1. The average molecular weight is 197 g/mol. The second-order valence-electron chi connectivity index (χ2n) is 4.46. The third-order valence-corrected chi connectivity index (χ3v) is 3.62. The molecule has 15 heavy (non-hydrogen) atoms. The number of nitrogens with zero attached hydrogens (tertiary/aromatic N) is 1. The Bertz CT molecular complexity index is 480. The van der Waals surface area contributed by atoms with E-state index in [1.807, 2.05) is 7.05 Å². The average Bonchev–Trinajstić information content (AvgIpc) is 2.80. The third kappa shape index (κ3) is 1.19. The number of hydrogen-bond donors (Lipinski definition) is 0. The Hall–Kier alpha value is -1.37. The predicted octanol–water partition coefficient (Wildman–Crippen LogP) is 2.82. The molecule has 2 aliphatic rings.